The van der Waals surface area contributed by atoms with Crippen LogP contribution >= 0.6 is 0 Å². The van der Waals surface area contributed by atoms with Crippen LogP contribution in [0, 0.1) is 0 Å². The van der Waals surface area contributed by atoms with E-state index in [9.17, 15) is 22.8 Å². The van der Waals surface area contributed by atoms with E-state index in [1.54, 1.807) is 54.6 Å². The van der Waals surface area contributed by atoms with Gasteiger partial charge in [0.15, 0.2) is 0 Å². The quantitative estimate of drug-likeness (QED) is 0.561. The number of nitrogens with zero attached hydrogens (tertiary/aromatic N) is 2. The molecule has 0 aliphatic rings. The molecule has 0 radical (unpaired) electrons. The molecule has 0 unspecified atom stereocenters. The van der Waals surface area contributed by atoms with Crippen LogP contribution < -0.4 is 11.2 Å². The van der Waals surface area contributed by atoms with E-state index in [1.807, 2.05) is 6.07 Å². The highest BCUT2D eigenvalue weighted by atomic mass is 19.4. The van der Waals surface area contributed by atoms with E-state index in [1.165, 1.54) is 0 Å². The molecule has 0 aliphatic carbocycles. The van der Waals surface area contributed by atoms with Gasteiger partial charge < -0.3 is 9.47 Å². The van der Waals surface area contributed by atoms with Gasteiger partial charge in [0, 0.05) is 6.20 Å². The van der Waals surface area contributed by atoms with Crippen LogP contribution in [0.5, 0.6) is 0 Å². The highest BCUT2D eigenvalue weighted by Crippen LogP contribution is 2.25. The first-order valence-corrected chi connectivity index (χ1v) is 9.01. The molecule has 9 heteroatoms. The third-order valence-corrected chi connectivity index (χ3v) is 4.22. The van der Waals surface area contributed by atoms with Gasteiger partial charge in [0.1, 0.15) is 19.0 Å². The summed E-state index contributed by atoms with van der Waals surface area (Å²) >= 11 is 0. The van der Waals surface area contributed by atoms with Gasteiger partial charge in [-0.2, -0.15) is 13.2 Å². The maximum Gasteiger partial charge on any atom is 0.423 e. The first-order valence-electron chi connectivity index (χ1n) is 9.01. The topological polar surface area (TPSA) is 62.5 Å². The van der Waals surface area contributed by atoms with Gasteiger partial charge in [0.2, 0.25) is 0 Å². The molecule has 0 amide bonds. The minimum absolute atomic E-state index is 0.0352. The number of alkyl halides is 3. The predicted octanol–water partition coefficient (Wildman–Crippen LogP) is 3.38. The van der Waals surface area contributed by atoms with Gasteiger partial charge in [0.25, 0.3) is 5.56 Å². The van der Waals surface area contributed by atoms with Gasteiger partial charge >= 0.3 is 11.9 Å². The number of benzene rings is 2. The molecule has 3 aromatic rings. The molecule has 6 nitrogen and oxygen atoms in total. The number of aromatic nitrogens is 2. The molecule has 1 aromatic heterocycles. The summed E-state index contributed by atoms with van der Waals surface area (Å²) in [5.41, 5.74) is -2.33. The molecule has 0 bridgehead atoms. The molecule has 30 heavy (non-hydrogen) atoms. The standard InChI is InChI=1S/C21H19F3N2O4/c22-21(23,24)18-11-25(14-29-12-16-7-3-1-4-8-16)20(28)26(19(18)27)15-30-13-17-9-5-2-6-10-17/h1-11H,12-15H2. The molecule has 158 valence electrons. The van der Waals surface area contributed by atoms with Crippen LogP contribution in [0.3, 0.4) is 0 Å². The Morgan fingerprint density at radius 1 is 0.767 bits per heavy atom. The largest absolute Gasteiger partial charge is 0.423 e. The fourth-order valence-electron chi connectivity index (χ4n) is 2.72. The van der Waals surface area contributed by atoms with Crippen molar-refractivity contribution in [3.8, 4) is 0 Å². The molecule has 0 atom stereocenters. The van der Waals surface area contributed by atoms with Gasteiger partial charge in [-0.1, -0.05) is 60.7 Å². The minimum atomic E-state index is -4.92. The number of hydrogen-bond acceptors (Lipinski definition) is 4. The summed E-state index contributed by atoms with van der Waals surface area (Å²) in [6, 6.07) is 17.8. The number of hydrogen-bond donors (Lipinski definition) is 0. The van der Waals surface area contributed by atoms with Crippen molar-refractivity contribution in [1.29, 1.82) is 0 Å². The predicted molar refractivity (Wildman–Crippen MR) is 102 cm³/mol. The lowest BCUT2D eigenvalue weighted by Gasteiger charge is -2.15. The van der Waals surface area contributed by atoms with Gasteiger partial charge in [-0.25, -0.2) is 9.36 Å². The first kappa shape index (κ1) is 21.5. The van der Waals surface area contributed by atoms with Crippen molar-refractivity contribution in [2.24, 2.45) is 0 Å². The van der Waals surface area contributed by atoms with Crippen molar-refractivity contribution in [1.82, 2.24) is 9.13 Å². The molecule has 2 aromatic carbocycles. The Bertz CT molecular complexity index is 1080. The van der Waals surface area contributed by atoms with Crippen LogP contribution in [0.4, 0.5) is 13.2 Å². The van der Waals surface area contributed by atoms with Crippen molar-refractivity contribution in [3.63, 3.8) is 0 Å². The van der Waals surface area contributed by atoms with Gasteiger partial charge in [-0.15, -0.1) is 0 Å². The number of rotatable bonds is 8. The van der Waals surface area contributed by atoms with Crippen molar-refractivity contribution in [3.05, 3.63) is 104 Å². The molecule has 0 N–H and O–H groups in total. The smallest absolute Gasteiger partial charge is 0.356 e. The zero-order valence-corrected chi connectivity index (χ0v) is 15.8. The summed E-state index contributed by atoms with van der Waals surface area (Å²) in [5.74, 6) is 0. The van der Waals surface area contributed by atoms with Crippen LogP contribution in [0.1, 0.15) is 16.7 Å². The van der Waals surface area contributed by atoms with E-state index >= 15 is 0 Å². The lowest BCUT2D eigenvalue weighted by molar-refractivity contribution is -0.140. The molecular formula is C21H19F3N2O4. The second-order valence-corrected chi connectivity index (χ2v) is 6.45. The molecule has 1 heterocycles. The lowest BCUT2D eigenvalue weighted by atomic mass is 10.2. The highest BCUT2D eigenvalue weighted by molar-refractivity contribution is 5.14. The fraction of sp³-hybridized carbons (Fsp3) is 0.238. The maximum absolute atomic E-state index is 13.3. The third kappa shape index (κ3) is 5.46. The molecule has 0 saturated carbocycles. The Hall–Kier alpha value is -3.17. The average Bonchev–Trinajstić information content (AvgIpc) is 2.73. The molecule has 0 saturated heterocycles. The van der Waals surface area contributed by atoms with Crippen molar-refractivity contribution >= 4 is 0 Å². The Labute approximate surface area is 169 Å². The summed E-state index contributed by atoms with van der Waals surface area (Å²) < 4.78 is 51.7. The van der Waals surface area contributed by atoms with Gasteiger partial charge in [0.05, 0.1) is 13.2 Å². The maximum atomic E-state index is 13.3. The van der Waals surface area contributed by atoms with Crippen molar-refractivity contribution < 1.29 is 22.6 Å². The normalized spacial score (nSPS) is 11.6. The Morgan fingerprint density at radius 3 is 1.77 bits per heavy atom. The molecule has 3 rings (SSSR count). The third-order valence-electron chi connectivity index (χ3n) is 4.22. The SMILES string of the molecule is O=c1c(C(F)(F)F)cn(COCc2ccccc2)c(=O)n1COCc1ccccc1. The van der Waals surface area contributed by atoms with Crippen molar-refractivity contribution in [2.75, 3.05) is 0 Å². The van der Waals surface area contributed by atoms with E-state index in [0.717, 1.165) is 11.1 Å². The van der Waals surface area contributed by atoms with E-state index in [4.69, 9.17) is 9.47 Å². The Morgan fingerprint density at radius 2 is 1.27 bits per heavy atom. The van der Waals surface area contributed by atoms with E-state index < -0.39 is 36.5 Å². The van der Waals surface area contributed by atoms with Crippen LogP contribution in [0.25, 0.3) is 0 Å². The first-order chi connectivity index (χ1) is 14.4. The second-order valence-electron chi connectivity index (χ2n) is 6.45. The Balaban J connectivity index is 1.80. The van der Waals surface area contributed by atoms with Crippen molar-refractivity contribution in [2.45, 2.75) is 32.9 Å². The lowest BCUT2D eigenvalue weighted by Crippen LogP contribution is -2.43. The minimum Gasteiger partial charge on any atom is -0.356 e. The average molecular weight is 420 g/mol. The zero-order chi connectivity index (χ0) is 21.6. The van der Waals surface area contributed by atoms with Crippen LogP contribution in [-0.2, 0) is 42.3 Å². The van der Waals surface area contributed by atoms with Crippen LogP contribution in [-0.4, -0.2) is 9.13 Å². The van der Waals surface area contributed by atoms with E-state index in [2.05, 4.69) is 0 Å². The van der Waals surface area contributed by atoms with E-state index in [-0.39, 0.29) is 13.2 Å². The highest BCUT2D eigenvalue weighted by Gasteiger charge is 2.36. The summed E-state index contributed by atoms with van der Waals surface area (Å²) in [6.07, 6.45) is -4.45. The summed E-state index contributed by atoms with van der Waals surface area (Å²) in [5, 5.41) is 0. The summed E-state index contributed by atoms with van der Waals surface area (Å²) in [4.78, 5) is 24.8. The van der Waals surface area contributed by atoms with Gasteiger partial charge in [-0.05, 0) is 11.1 Å². The fourth-order valence-corrected chi connectivity index (χ4v) is 2.72. The number of halogens is 3. The summed E-state index contributed by atoms with van der Waals surface area (Å²) in [6.45, 7) is -0.934. The van der Waals surface area contributed by atoms with Crippen LogP contribution in [0.2, 0.25) is 0 Å². The van der Waals surface area contributed by atoms with Gasteiger partial charge in [-0.3, -0.25) is 9.36 Å². The molecule has 0 fully saturated rings. The van der Waals surface area contributed by atoms with E-state index in [0.29, 0.717) is 15.3 Å². The van der Waals surface area contributed by atoms with Crippen LogP contribution in [0.15, 0.2) is 76.4 Å². The number of ether oxygens (including phenoxy) is 2. The molecule has 0 aliphatic heterocycles. The molecular weight excluding hydrogens is 401 g/mol. The zero-order valence-electron chi connectivity index (χ0n) is 15.8. The molecule has 0 spiro atoms. The summed E-state index contributed by atoms with van der Waals surface area (Å²) in [7, 11) is 0. The second kappa shape index (κ2) is 9.55. The monoisotopic (exact) mass is 420 g/mol. The Kier molecular flexibility index (Phi) is 6.86.